The molecule has 2 aliphatic heterocycles. The van der Waals surface area contributed by atoms with Crippen molar-refractivity contribution in [3.63, 3.8) is 0 Å². The van der Waals surface area contributed by atoms with Crippen LogP contribution < -0.4 is 10.6 Å². The van der Waals surface area contributed by atoms with Crippen molar-refractivity contribution in [2.75, 3.05) is 45.6 Å². The number of thioether (sulfide) groups is 1. The fourth-order valence-electron chi connectivity index (χ4n) is 3.84. The van der Waals surface area contributed by atoms with Crippen molar-refractivity contribution >= 4 is 41.7 Å². The lowest BCUT2D eigenvalue weighted by molar-refractivity contribution is 0.00534. The zero-order valence-corrected chi connectivity index (χ0v) is 20.8. The summed E-state index contributed by atoms with van der Waals surface area (Å²) in [5.41, 5.74) is 1.40. The molecule has 2 aliphatic rings. The van der Waals surface area contributed by atoms with Gasteiger partial charge in [-0.25, -0.2) is 0 Å². The third-order valence-corrected chi connectivity index (χ3v) is 6.89. The number of nitrogens with one attached hydrogen (secondary N) is 2. The number of aliphatic imine (C=N–C) groups is 1. The topological polar surface area (TPSA) is 48.9 Å². The van der Waals surface area contributed by atoms with Crippen LogP contribution in [-0.4, -0.2) is 67.8 Å². The molecule has 2 heterocycles. The second-order valence-electron chi connectivity index (χ2n) is 7.70. The van der Waals surface area contributed by atoms with Crippen LogP contribution in [0, 0.1) is 0 Å². The fraction of sp³-hybridized carbons (Fsp3) is 0.682. The van der Waals surface area contributed by atoms with Crippen molar-refractivity contribution in [1.82, 2.24) is 15.5 Å². The first-order chi connectivity index (χ1) is 13.8. The van der Waals surface area contributed by atoms with E-state index in [4.69, 9.17) is 4.74 Å². The standard InChI is InChI=1S/C22H36N4OS.HI/c1-23-22(25-17-21-9-5-16-28-21)24-12-6-15-27-20-10-13-26(14-11-20)18-19-7-3-2-4-8-19;/h2-4,7-8,20-21H,5-6,9-18H2,1H3,(H2,23,24,25);1H. The molecule has 1 atom stereocenters. The van der Waals surface area contributed by atoms with E-state index in [1.165, 1.54) is 24.2 Å². The highest BCUT2D eigenvalue weighted by atomic mass is 127. The third-order valence-electron chi connectivity index (χ3n) is 5.50. The molecule has 5 nitrogen and oxygen atoms in total. The van der Waals surface area contributed by atoms with Gasteiger partial charge in [0.05, 0.1) is 6.10 Å². The predicted octanol–water partition coefficient (Wildman–Crippen LogP) is 3.74. The van der Waals surface area contributed by atoms with Gasteiger partial charge in [0.25, 0.3) is 0 Å². The number of piperidine rings is 1. The Bertz CT molecular complexity index is 575. The van der Waals surface area contributed by atoms with Crippen molar-refractivity contribution in [3.8, 4) is 0 Å². The van der Waals surface area contributed by atoms with Crippen molar-refractivity contribution in [3.05, 3.63) is 35.9 Å². The first-order valence-electron chi connectivity index (χ1n) is 10.8. The third kappa shape index (κ3) is 9.44. The average Bonchev–Trinajstić information content (AvgIpc) is 3.26. The predicted molar refractivity (Wildman–Crippen MR) is 136 cm³/mol. The van der Waals surface area contributed by atoms with Gasteiger partial charge in [-0.2, -0.15) is 11.8 Å². The quantitative estimate of drug-likeness (QED) is 0.220. The number of benzene rings is 1. The zero-order valence-electron chi connectivity index (χ0n) is 17.6. The molecule has 0 saturated carbocycles. The van der Waals surface area contributed by atoms with E-state index in [1.54, 1.807) is 0 Å². The minimum Gasteiger partial charge on any atom is -0.378 e. The summed E-state index contributed by atoms with van der Waals surface area (Å²) in [5, 5.41) is 7.60. The van der Waals surface area contributed by atoms with Crippen molar-refractivity contribution in [2.45, 2.75) is 50.0 Å². The van der Waals surface area contributed by atoms with Crippen LogP contribution in [-0.2, 0) is 11.3 Å². The lowest BCUT2D eigenvalue weighted by Gasteiger charge is -2.32. The Morgan fingerprint density at radius 1 is 1.17 bits per heavy atom. The Morgan fingerprint density at radius 2 is 1.97 bits per heavy atom. The van der Waals surface area contributed by atoms with E-state index in [2.05, 4.69) is 62.6 Å². The number of hydrogen-bond acceptors (Lipinski definition) is 4. The summed E-state index contributed by atoms with van der Waals surface area (Å²) in [5.74, 6) is 2.22. The molecule has 3 rings (SSSR count). The van der Waals surface area contributed by atoms with Gasteiger partial charge in [0.2, 0.25) is 0 Å². The van der Waals surface area contributed by atoms with Crippen LogP contribution >= 0.6 is 35.7 Å². The van der Waals surface area contributed by atoms with Crippen LogP contribution in [0.5, 0.6) is 0 Å². The number of likely N-dealkylation sites (tertiary alicyclic amines) is 1. The molecule has 0 aromatic heterocycles. The summed E-state index contributed by atoms with van der Waals surface area (Å²) in [6.45, 7) is 6.07. The van der Waals surface area contributed by atoms with Crippen LogP contribution in [0.15, 0.2) is 35.3 Å². The summed E-state index contributed by atoms with van der Waals surface area (Å²) in [4.78, 5) is 6.85. The molecular formula is C22H37IN4OS. The molecule has 0 amide bonds. The summed E-state index contributed by atoms with van der Waals surface area (Å²) in [6.07, 6.45) is 6.40. The van der Waals surface area contributed by atoms with Crippen LogP contribution in [0.25, 0.3) is 0 Å². The number of rotatable bonds is 9. The minimum absolute atomic E-state index is 0. The molecule has 29 heavy (non-hydrogen) atoms. The van der Waals surface area contributed by atoms with E-state index >= 15 is 0 Å². The number of hydrogen-bond donors (Lipinski definition) is 2. The Hall–Kier alpha value is -0.510. The molecule has 0 spiro atoms. The summed E-state index contributed by atoms with van der Waals surface area (Å²) < 4.78 is 6.11. The van der Waals surface area contributed by atoms with E-state index in [0.29, 0.717) is 6.10 Å². The Labute approximate surface area is 197 Å². The highest BCUT2D eigenvalue weighted by Gasteiger charge is 2.19. The van der Waals surface area contributed by atoms with Crippen molar-refractivity contribution in [2.24, 2.45) is 4.99 Å². The number of guanidine groups is 1. The van der Waals surface area contributed by atoms with Crippen LogP contribution in [0.3, 0.4) is 0 Å². The Morgan fingerprint density at radius 3 is 2.66 bits per heavy atom. The molecule has 1 aromatic carbocycles. The monoisotopic (exact) mass is 532 g/mol. The largest absolute Gasteiger partial charge is 0.378 e. The lowest BCUT2D eigenvalue weighted by Crippen LogP contribution is -2.41. The average molecular weight is 533 g/mol. The smallest absolute Gasteiger partial charge is 0.191 e. The van der Waals surface area contributed by atoms with Gasteiger partial charge in [0.15, 0.2) is 5.96 Å². The molecule has 1 aromatic rings. The van der Waals surface area contributed by atoms with Crippen LogP contribution in [0.1, 0.15) is 37.7 Å². The molecule has 164 valence electrons. The van der Waals surface area contributed by atoms with Gasteiger partial charge in [-0.15, -0.1) is 24.0 Å². The van der Waals surface area contributed by atoms with Gasteiger partial charge in [-0.05, 0) is 43.4 Å². The van der Waals surface area contributed by atoms with Gasteiger partial charge in [0.1, 0.15) is 0 Å². The molecule has 0 bridgehead atoms. The van der Waals surface area contributed by atoms with E-state index in [0.717, 1.165) is 69.8 Å². The number of ether oxygens (including phenoxy) is 1. The van der Waals surface area contributed by atoms with E-state index in [-0.39, 0.29) is 24.0 Å². The molecule has 1 unspecified atom stereocenters. The Balaban J connectivity index is 0.00000300. The molecular weight excluding hydrogens is 495 g/mol. The second kappa shape index (κ2) is 14.5. The van der Waals surface area contributed by atoms with Gasteiger partial charge >= 0.3 is 0 Å². The highest BCUT2D eigenvalue weighted by molar-refractivity contribution is 14.0. The SMILES string of the molecule is CN=C(NCCCOC1CCN(Cc2ccccc2)CC1)NCC1CCCS1.I. The van der Waals surface area contributed by atoms with E-state index in [9.17, 15) is 0 Å². The minimum atomic E-state index is 0. The zero-order chi connectivity index (χ0) is 19.4. The highest BCUT2D eigenvalue weighted by Crippen LogP contribution is 2.25. The lowest BCUT2D eigenvalue weighted by atomic mass is 10.1. The Kier molecular flexibility index (Phi) is 12.4. The first kappa shape index (κ1) is 24.8. The first-order valence-corrected chi connectivity index (χ1v) is 11.8. The second-order valence-corrected chi connectivity index (χ2v) is 9.11. The van der Waals surface area contributed by atoms with Crippen LogP contribution in [0.4, 0.5) is 0 Å². The van der Waals surface area contributed by atoms with E-state index in [1.807, 2.05) is 7.05 Å². The summed E-state index contributed by atoms with van der Waals surface area (Å²) in [7, 11) is 1.84. The van der Waals surface area contributed by atoms with Gasteiger partial charge in [-0.3, -0.25) is 9.89 Å². The molecule has 0 aliphatic carbocycles. The maximum absolute atomic E-state index is 6.11. The molecule has 7 heteroatoms. The summed E-state index contributed by atoms with van der Waals surface area (Å²) in [6, 6.07) is 10.8. The molecule has 2 saturated heterocycles. The summed E-state index contributed by atoms with van der Waals surface area (Å²) >= 11 is 2.07. The van der Waals surface area contributed by atoms with E-state index < -0.39 is 0 Å². The van der Waals surface area contributed by atoms with Crippen LogP contribution in [0.2, 0.25) is 0 Å². The maximum atomic E-state index is 6.11. The molecule has 2 fully saturated rings. The van der Waals surface area contributed by atoms with Gasteiger partial charge in [0, 0.05) is 51.6 Å². The molecule has 2 N–H and O–H groups in total. The van der Waals surface area contributed by atoms with Gasteiger partial charge in [-0.1, -0.05) is 30.3 Å². The maximum Gasteiger partial charge on any atom is 0.191 e. The molecule has 0 radical (unpaired) electrons. The van der Waals surface area contributed by atoms with Gasteiger partial charge < -0.3 is 15.4 Å². The normalized spacial score (nSPS) is 21.0. The van der Waals surface area contributed by atoms with Crippen molar-refractivity contribution in [1.29, 1.82) is 0 Å². The number of nitrogens with zero attached hydrogens (tertiary/aromatic N) is 2. The number of halogens is 1. The van der Waals surface area contributed by atoms with Crippen molar-refractivity contribution < 1.29 is 4.74 Å². The fourth-order valence-corrected chi connectivity index (χ4v) is 5.04.